The number of aryl methyl sites for hydroxylation is 1. The maximum absolute atomic E-state index is 13.5. The van der Waals surface area contributed by atoms with E-state index in [9.17, 15) is 9.50 Å². The van der Waals surface area contributed by atoms with Crippen LogP contribution in [0.4, 0.5) is 4.39 Å². The van der Waals surface area contributed by atoms with E-state index in [-0.39, 0.29) is 11.7 Å². The smallest absolute Gasteiger partial charge is 0.123 e. The highest BCUT2D eigenvalue weighted by atomic mass is 19.1. The van der Waals surface area contributed by atoms with Gasteiger partial charge in [-0.25, -0.2) is 4.39 Å². The standard InChI is InChI=1S/C23H21FO/c24-21-8-4-7-17(15-21)18-11-12-22-19(14-18)9-10-20(23(22)25)13-16-5-2-1-3-6-16/h1-8,11-12,14-15,20,23,25H,9-10,13H2. The van der Waals surface area contributed by atoms with Crippen LogP contribution in [-0.2, 0) is 12.8 Å². The van der Waals surface area contributed by atoms with E-state index >= 15 is 0 Å². The number of benzene rings is 3. The molecule has 25 heavy (non-hydrogen) atoms. The lowest BCUT2D eigenvalue weighted by molar-refractivity contribution is 0.0937. The molecule has 0 heterocycles. The first-order chi connectivity index (χ1) is 12.2. The number of aliphatic hydroxyl groups is 1. The van der Waals surface area contributed by atoms with Crippen molar-refractivity contribution in [3.8, 4) is 11.1 Å². The molecule has 3 aromatic carbocycles. The van der Waals surface area contributed by atoms with Crippen LogP contribution < -0.4 is 0 Å². The Kier molecular flexibility index (Phi) is 4.37. The Morgan fingerprint density at radius 1 is 0.880 bits per heavy atom. The second kappa shape index (κ2) is 6.81. The fraction of sp³-hybridized carbons (Fsp3) is 0.217. The number of fused-ring (bicyclic) bond motifs is 1. The van der Waals surface area contributed by atoms with E-state index in [1.54, 1.807) is 12.1 Å². The highest BCUT2D eigenvalue weighted by Gasteiger charge is 2.28. The monoisotopic (exact) mass is 332 g/mol. The van der Waals surface area contributed by atoms with Gasteiger partial charge in [0.15, 0.2) is 0 Å². The molecule has 0 fully saturated rings. The van der Waals surface area contributed by atoms with Gasteiger partial charge in [0.2, 0.25) is 0 Å². The van der Waals surface area contributed by atoms with Gasteiger partial charge in [0.25, 0.3) is 0 Å². The van der Waals surface area contributed by atoms with Crippen molar-refractivity contribution in [3.63, 3.8) is 0 Å². The minimum atomic E-state index is -0.439. The average Bonchev–Trinajstić information content (AvgIpc) is 2.65. The summed E-state index contributed by atoms with van der Waals surface area (Å²) in [7, 11) is 0. The third-order valence-electron chi connectivity index (χ3n) is 5.19. The van der Waals surface area contributed by atoms with Gasteiger partial charge < -0.3 is 5.11 Å². The Balaban J connectivity index is 1.59. The highest BCUT2D eigenvalue weighted by Crippen LogP contribution is 2.38. The quantitative estimate of drug-likeness (QED) is 0.687. The largest absolute Gasteiger partial charge is 0.388 e. The minimum absolute atomic E-state index is 0.224. The molecule has 0 aliphatic heterocycles. The molecule has 2 atom stereocenters. The molecular formula is C23H21FO. The van der Waals surface area contributed by atoms with Crippen molar-refractivity contribution >= 4 is 0 Å². The predicted octanol–water partition coefficient (Wildman–Crippen LogP) is 5.33. The van der Waals surface area contributed by atoms with E-state index < -0.39 is 6.10 Å². The third kappa shape index (κ3) is 3.35. The van der Waals surface area contributed by atoms with Crippen molar-refractivity contribution in [1.29, 1.82) is 0 Å². The highest BCUT2D eigenvalue weighted by molar-refractivity contribution is 5.65. The third-order valence-corrected chi connectivity index (χ3v) is 5.19. The predicted molar refractivity (Wildman–Crippen MR) is 98.8 cm³/mol. The second-order valence-electron chi connectivity index (χ2n) is 6.86. The first-order valence-corrected chi connectivity index (χ1v) is 8.81. The summed E-state index contributed by atoms with van der Waals surface area (Å²) in [5.74, 6) is 0.0214. The molecule has 3 aromatic rings. The van der Waals surface area contributed by atoms with E-state index in [0.717, 1.165) is 36.0 Å². The molecule has 0 amide bonds. The van der Waals surface area contributed by atoms with Crippen LogP contribution in [0.5, 0.6) is 0 Å². The van der Waals surface area contributed by atoms with Gasteiger partial charge >= 0.3 is 0 Å². The molecule has 0 saturated carbocycles. The topological polar surface area (TPSA) is 20.2 Å². The molecule has 0 radical (unpaired) electrons. The Morgan fingerprint density at radius 3 is 2.48 bits per heavy atom. The van der Waals surface area contributed by atoms with Crippen LogP contribution in [0.1, 0.15) is 29.2 Å². The number of hydrogen-bond acceptors (Lipinski definition) is 1. The Hall–Kier alpha value is -2.45. The number of hydrogen-bond donors (Lipinski definition) is 1. The summed E-state index contributed by atoms with van der Waals surface area (Å²) in [5.41, 5.74) is 5.35. The molecule has 0 aromatic heterocycles. The molecule has 4 rings (SSSR count). The maximum atomic E-state index is 13.5. The van der Waals surface area contributed by atoms with Crippen molar-refractivity contribution < 1.29 is 9.50 Å². The first kappa shape index (κ1) is 16.0. The molecule has 1 aliphatic carbocycles. The summed E-state index contributed by atoms with van der Waals surface area (Å²) >= 11 is 0. The van der Waals surface area contributed by atoms with Crippen LogP contribution in [0.2, 0.25) is 0 Å². The van der Waals surface area contributed by atoms with Gasteiger partial charge in [-0.3, -0.25) is 0 Å². The maximum Gasteiger partial charge on any atom is 0.123 e. The van der Waals surface area contributed by atoms with Crippen LogP contribution in [-0.4, -0.2) is 5.11 Å². The van der Waals surface area contributed by atoms with E-state index in [1.165, 1.54) is 17.2 Å². The summed E-state index contributed by atoms with van der Waals surface area (Å²) in [6.45, 7) is 0. The SMILES string of the molecule is OC1c2ccc(-c3cccc(F)c3)cc2CCC1Cc1ccccc1. The minimum Gasteiger partial charge on any atom is -0.388 e. The summed E-state index contributed by atoms with van der Waals surface area (Å²) in [6.07, 6.45) is 2.38. The zero-order valence-electron chi connectivity index (χ0n) is 14.0. The van der Waals surface area contributed by atoms with Crippen molar-refractivity contribution in [2.24, 2.45) is 5.92 Å². The molecule has 126 valence electrons. The lowest BCUT2D eigenvalue weighted by atomic mass is 9.78. The van der Waals surface area contributed by atoms with Gasteiger partial charge in [0.1, 0.15) is 5.82 Å². The molecule has 2 unspecified atom stereocenters. The van der Waals surface area contributed by atoms with Gasteiger partial charge in [-0.05, 0) is 65.1 Å². The Morgan fingerprint density at radius 2 is 1.68 bits per heavy atom. The van der Waals surface area contributed by atoms with Crippen molar-refractivity contribution in [1.82, 2.24) is 0 Å². The molecule has 0 saturated heterocycles. The van der Waals surface area contributed by atoms with Crippen molar-refractivity contribution in [2.45, 2.75) is 25.4 Å². The van der Waals surface area contributed by atoms with Crippen LogP contribution in [0.3, 0.4) is 0 Å². The number of halogens is 1. The lowest BCUT2D eigenvalue weighted by Crippen LogP contribution is -2.22. The molecule has 1 N–H and O–H groups in total. The average molecular weight is 332 g/mol. The van der Waals surface area contributed by atoms with Gasteiger partial charge in [-0.15, -0.1) is 0 Å². The zero-order chi connectivity index (χ0) is 17.2. The molecule has 2 heteroatoms. The Bertz CT molecular complexity index is 872. The Labute approximate surface area is 147 Å². The van der Waals surface area contributed by atoms with Crippen LogP contribution in [0.25, 0.3) is 11.1 Å². The van der Waals surface area contributed by atoms with Gasteiger partial charge in [-0.1, -0.05) is 60.7 Å². The number of aliphatic hydroxyl groups excluding tert-OH is 1. The first-order valence-electron chi connectivity index (χ1n) is 8.81. The van der Waals surface area contributed by atoms with E-state index in [0.29, 0.717) is 0 Å². The van der Waals surface area contributed by atoms with E-state index in [4.69, 9.17) is 0 Å². The van der Waals surface area contributed by atoms with Gasteiger partial charge in [-0.2, -0.15) is 0 Å². The second-order valence-corrected chi connectivity index (χ2v) is 6.86. The lowest BCUT2D eigenvalue weighted by Gasteiger charge is -2.30. The normalized spacial score (nSPS) is 19.4. The van der Waals surface area contributed by atoms with Crippen molar-refractivity contribution in [3.05, 3.63) is 95.3 Å². The summed E-state index contributed by atoms with van der Waals surface area (Å²) in [5, 5.41) is 10.8. The van der Waals surface area contributed by atoms with Gasteiger partial charge in [0.05, 0.1) is 6.10 Å². The molecular weight excluding hydrogens is 311 g/mol. The van der Waals surface area contributed by atoms with Gasteiger partial charge in [0, 0.05) is 0 Å². The fourth-order valence-electron chi connectivity index (χ4n) is 3.84. The van der Waals surface area contributed by atoms with E-state index in [1.807, 2.05) is 36.4 Å². The molecule has 0 bridgehead atoms. The molecule has 0 spiro atoms. The van der Waals surface area contributed by atoms with Crippen molar-refractivity contribution in [2.75, 3.05) is 0 Å². The van der Waals surface area contributed by atoms with Crippen LogP contribution >= 0.6 is 0 Å². The summed E-state index contributed by atoms with van der Waals surface area (Å²) in [6, 6.07) is 23.1. The zero-order valence-corrected chi connectivity index (χ0v) is 14.0. The fourth-order valence-corrected chi connectivity index (χ4v) is 3.84. The molecule has 1 aliphatic rings. The molecule has 1 nitrogen and oxygen atoms in total. The van der Waals surface area contributed by atoms with Crippen LogP contribution in [0.15, 0.2) is 72.8 Å². The number of rotatable bonds is 3. The van der Waals surface area contributed by atoms with Crippen LogP contribution in [0, 0.1) is 11.7 Å². The summed E-state index contributed by atoms with van der Waals surface area (Å²) < 4.78 is 13.5. The summed E-state index contributed by atoms with van der Waals surface area (Å²) in [4.78, 5) is 0. The van der Waals surface area contributed by atoms with E-state index in [2.05, 4.69) is 18.2 Å².